The van der Waals surface area contributed by atoms with Crippen LogP contribution in [-0.2, 0) is 9.47 Å². The summed E-state index contributed by atoms with van der Waals surface area (Å²) in [5.74, 6) is 0.942. The maximum absolute atomic E-state index is 8.99. The summed E-state index contributed by atoms with van der Waals surface area (Å²) in [5, 5.41) is 15.4. The van der Waals surface area contributed by atoms with Crippen molar-refractivity contribution < 1.29 is 14.6 Å². The van der Waals surface area contributed by atoms with Crippen LogP contribution in [0.15, 0.2) is 4.99 Å². The molecule has 0 aliphatic carbocycles. The minimum atomic E-state index is 0.157. The molecule has 0 aromatic carbocycles. The van der Waals surface area contributed by atoms with E-state index in [9.17, 15) is 0 Å². The van der Waals surface area contributed by atoms with Crippen LogP contribution in [0.25, 0.3) is 0 Å². The van der Waals surface area contributed by atoms with E-state index in [0.717, 1.165) is 32.0 Å². The van der Waals surface area contributed by atoms with Gasteiger partial charge in [-0.3, -0.25) is 4.99 Å². The Balaban J connectivity index is 3.60. The minimum Gasteiger partial charge on any atom is -0.396 e. The summed E-state index contributed by atoms with van der Waals surface area (Å²) in [6.45, 7) is 11.1. The number of aliphatic imine (C=N–C) groups is 1. The zero-order valence-corrected chi connectivity index (χ0v) is 13.9. The first-order valence-corrected chi connectivity index (χ1v) is 8.03. The summed E-state index contributed by atoms with van der Waals surface area (Å²) in [4.78, 5) is 4.41. The van der Waals surface area contributed by atoms with Crippen LogP contribution in [0.1, 0.15) is 33.6 Å². The number of nitrogens with one attached hydrogen (secondary N) is 2. The van der Waals surface area contributed by atoms with Crippen LogP contribution >= 0.6 is 0 Å². The highest BCUT2D eigenvalue weighted by Gasteiger charge is 2.00. The molecule has 0 saturated carbocycles. The Bertz CT molecular complexity index is 250. The van der Waals surface area contributed by atoms with Gasteiger partial charge in [-0.05, 0) is 19.3 Å². The van der Waals surface area contributed by atoms with E-state index in [1.165, 1.54) is 0 Å². The van der Waals surface area contributed by atoms with Gasteiger partial charge in [-0.15, -0.1) is 0 Å². The van der Waals surface area contributed by atoms with Crippen LogP contribution in [0.2, 0.25) is 0 Å². The van der Waals surface area contributed by atoms with Gasteiger partial charge in [0.1, 0.15) is 0 Å². The molecule has 1 unspecified atom stereocenters. The molecule has 0 aliphatic heterocycles. The molecular formula is C15H33N3O3. The number of rotatable bonds is 13. The van der Waals surface area contributed by atoms with Crippen molar-refractivity contribution in [1.82, 2.24) is 10.6 Å². The molecule has 0 heterocycles. The topological polar surface area (TPSA) is 75.1 Å². The minimum absolute atomic E-state index is 0.157. The van der Waals surface area contributed by atoms with Crippen molar-refractivity contribution in [2.75, 3.05) is 52.7 Å². The van der Waals surface area contributed by atoms with Gasteiger partial charge in [0.2, 0.25) is 0 Å². The maximum atomic E-state index is 8.99. The van der Waals surface area contributed by atoms with E-state index in [0.29, 0.717) is 32.9 Å². The molecule has 6 heteroatoms. The quantitative estimate of drug-likeness (QED) is 0.269. The summed E-state index contributed by atoms with van der Waals surface area (Å²) in [6, 6.07) is 0. The summed E-state index contributed by atoms with van der Waals surface area (Å²) in [5.41, 5.74) is 0. The summed E-state index contributed by atoms with van der Waals surface area (Å²) in [6.07, 6.45) is 2.27. The van der Waals surface area contributed by atoms with Gasteiger partial charge in [0.25, 0.3) is 0 Å². The van der Waals surface area contributed by atoms with Gasteiger partial charge >= 0.3 is 0 Å². The van der Waals surface area contributed by atoms with E-state index < -0.39 is 0 Å². The maximum Gasteiger partial charge on any atom is 0.191 e. The molecule has 0 saturated heterocycles. The number of hydrogen-bond donors (Lipinski definition) is 3. The number of guanidine groups is 1. The third-order valence-electron chi connectivity index (χ3n) is 2.77. The van der Waals surface area contributed by atoms with E-state index in [1.807, 2.05) is 13.8 Å². The number of hydrogen-bond acceptors (Lipinski definition) is 4. The SMILES string of the molecule is CCCCOCCOCCNC(=NCC(C)CO)NCC. The Morgan fingerprint density at radius 1 is 1.10 bits per heavy atom. The Morgan fingerprint density at radius 3 is 2.43 bits per heavy atom. The Morgan fingerprint density at radius 2 is 1.81 bits per heavy atom. The van der Waals surface area contributed by atoms with Gasteiger partial charge in [0.05, 0.1) is 19.8 Å². The van der Waals surface area contributed by atoms with Crippen molar-refractivity contribution in [3.8, 4) is 0 Å². The number of ether oxygens (including phenoxy) is 2. The lowest BCUT2D eigenvalue weighted by atomic mass is 10.2. The highest BCUT2D eigenvalue weighted by Crippen LogP contribution is 1.92. The number of unbranched alkanes of at least 4 members (excludes halogenated alkanes) is 1. The molecule has 0 spiro atoms. The second-order valence-corrected chi connectivity index (χ2v) is 5.01. The van der Waals surface area contributed by atoms with E-state index in [-0.39, 0.29) is 12.5 Å². The number of nitrogens with zero attached hydrogens (tertiary/aromatic N) is 1. The van der Waals surface area contributed by atoms with Crippen molar-refractivity contribution >= 4 is 5.96 Å². The molecule has 0 fully saturated rings. The normalized spacial score (nSPS) is 13.2. The van der Waals surface area contributed by atoms with Gasteiger partial charge in [0, 0.05) is 32.8 Å². The van der Waals surface area contributed by atoms with Crippen molar-refractivity contribution in [3.63, 3.8) is 0 Å². The molecular weight excluding hydrogens is 270 g/mol. The lowest BCUT2D eigenvalue weighted by Gasteiger charge is -2.12. The van der Waals surface area contributed by atoms with Gasteiger partial charge in [-0.1, -0.05) is 20.3 Å². The molecule has 0 bridgehead atoms. The summed E-state index contributed by atoms with van der Waals surface area (Å²) < 4.78 is 10.9. The van der Waals surface area contributed by atoms with Gasteiger partial charge in [0.15, 0.2) is 5.96 Å². The molecule has 0 amide bonds. The monoisotopic (exact) mass is 303 g/mol. The fourth-order valence-corrected chi connectivity index (χ4v) is 1.46. The second-order valence-electron chi connectivity index (χ2n) is 5.01. The first-order valence-electron chi connectivity index (χ1n) is 8.03. The highest BCUT2D eigenvalue weighted by molar-refractivity contribution is 5.79. The van der Waals surface area contributed by atoms with Crippen LogP contribution in [0, 0.1) is 5.92 Å². The van der Waals surface area contributed by atoms with Crippen molar-refractivity contribution in [2.45, 2.75) is 33.6 Å². The average Bonchev–Trinajstić information content (AvgIpc) is 2.50. The molecule has 0 aromatic rings. The predicted octanol–water partition coefficient (Wildman–Crippen LogP) is 1.00. The fourth-order valence-electron chi connectivity index (χ4n) is 1.46. The van der Waals surface area contributed by atoms with Gasteiger partial charge < -0.3 is 25.2 Å². The molecule has 0 rings (SSSR count). The molecule has 3 N–H and O–H groups in total. The van der Waals surface area contributed by atoms with Gasteiger partial charge in [-0.2, -0.15) is 0 Å². The third kappa shape index (κ3) is 13.9. The predicted molar refractivity (Wildman–Crippen MR) is 86.8 cm³/mol. The standard InChI is InChI=1S/C15H33N3O3/c1-4-6-8-20-10-11-21-9-7-17-15(16-5-2)18-12-14(3)13-19/h14,19H,4-13H2,1-3H3,(H2,16,17,18). The fraction of sp³-hybridized carbons (Fsp3) is 0.933. The smallest absolute Gasteiger partial charge is 0.191 e. The van der Waals surface area contributed by atoms with Crippen molar-refractivity contribution in [1.29, 1.82) is 0 Å². The molecule has 0 aliphatic rings. The van der Waals surface area contributed by atoms with E-state index in [4.69, 9.17) is 14.6 Å². The van der Waals surface area contributed by atoms with E-state index in [1.54, 1.807) is 0 Å². The molecule has 126 valence electrons. The van der Waals surface area contributed by atoms with E-state index >= 15 is 0 Å². The van der Waals surface area contributed by atoms with Crippen LogP contribution in [0.3, 0.4) is 0 Å². The Kier molecular flexibility index (Phi) is 14.9. The van der Waals surface area contributed by atoms with Crippen LogP contribution in [0.5, 0.6) is 0 Å². The highest BCUT2D eigenvalue weighted by atomic mass is 16.5. The zero-order chi connectivity index (χ0) is 15.8. The summed E-state index contributed by atoms with van der Waals surface area (Å²) >= 11 is 0. The lowest BCUT2D eigenvalue weighted by Crippen LogP contribution is -2.39. The largest absolute Gasteiger partial charge is 0.396 e. The van der Waals surface area contributed by atoms with Crippen molar-refractivity contribution in [3.05, 3.63) is 0 Å². The first kappa shape index (κ1) is 20.1. The number of aliphatic hydroxyl groups is 1. The molecule has 6 nitrogen and oxygen atoms in total. The molecule has 0 aromatic heterocycles. The average molecular weight is 303 g/mol. The number of aliphatic hydroxyl groups excluding tert-OH is 1. The Labute approximate surface area is 129 Å². The van der Waals surface area contributed by atoms with Gasteiger partial charge in [-0.25, -0.2) is 0 Å². The van der Waals surface area contributed by atoms with E-state index in [2.05, 4.69) is 22.5 Å². The Hall–Kier alpha value is -0.850. The molecule has 1 atom stereocenters. The second kappa shape index (κ2) is 15.5. The van der Waals surface area contributed by atoms with Crippen LogP contribution in [-0.4, -0.2) is 63.7 Å². The first-order chi connectivity index (χ1) is 10.2. The van der Waals surface area contributed by atoms with Crippen LogP contribution < -0.4 is 10.6 Å². The van der Waals surface area contributed by atoms with Crippen molar-refractivity contribution in [2.24, 2.45) is 10.9 Å². The molecule has 21 heavy (non-hydrogen) atoms. The third-order valence-corrected chi connectivity index (χ3v) is 2.77. The molecule has 0 radical (unpaired) electrons. The van der Waals surface area contributed by atoms with Crippen LogP contribution in [0.4, 0.5) is 0 Å². The zero-order valence-electron chi connectivity index (χ0n) is 13.9. The lowest BCUT2D eigenvalue weighted by molar-refractivity contribution is 0.0487. The summed E-state index contributed by atoms with van der Waals surface area (Å²) in [7, 11) is 0.